The summed E-state index contributed by atoms with van der Waals surface area (Å²) < 4.78 is 40.4. The number of amides is 1. The van der Waals surface area contributed by atoms with Crippen molar-refractivity contribution in [2.75, 3.05) is 18.5 Å². The van der Waals surface area contributed by atoms with E-state index in [9.17, 15) is 23.4 Å². The highest BCUT2D eigenvalue weighted by Crippen LogP contribution is 2.37. The van der Waals surface area contributed by atoms with Crippen molar-refractivity contribution in [2.45, 2.75) is 84.0 Å². The van der Waals surface area contributed by atoms with E-state index in [-0.39, 0.29) is 52.4 Å². The Bertz CT molecular complexity index is 1400. The Morgan fingerprint density at radius 1 is 1.00 bits per heavy atom. The second kappa shape index (κ2) is 12.4. The number of carbonyl (C=O) groups excluding carboxylic acids is 1. The number of nitrogens with zero attached hydrogens (tertiary/aromatic N) is 4. The second-order valence-electron chi connectivity index (χ2n) is 10.2. The molecule has 0 bridgehead atoms. The monoisotopic (exact) mass is 563 g/mol. The van der Waals surface area contributed by atoms with Crippen LogP contribution in [0.5, 0.6) is 5.88 Å². The van der Waals surface area contributed by atoms with Crippen molar-refractivity contribution in [2.24, 2.45) is 0 Å². The molecule has 0 radical (unpaired) electrons. The first-order valence-electron chi connectivity index (χ1n) is 12.7. The lowest BCUT2D eigenvalue weighted by molar-refractivity contribution is -0.114. The number of anilines is 1. The minimum absolute atomic E-state index is 0.0248. The number of aliphatic hydroxyl groups excluding tert-OH is 2. The van der Waals surface area contributed by atoms with Crippen LogP contribution in [0.15, 0.2) is 23.4 Å². The number of imidazole rings is 1. The highest BCUT2D eigenvalue weighted by atomic mass is 32.2. The Kier molecular flexibility index (Phi) is 9.64. The molecule has 2 heterocycles. The van der Waals surface area contributed by atoms with Gasteiger partial charge in [0, 0.05) is 6.92 Å². The second-order valence-corrected chi connectivity index (χ2v) is 11.7. The Hall–Kier alpha value is -3.13. The summed E-state index contributed by atoms with van der Waals surface area (Å²) in [7, 11) is -4.42. The van der Waals surface area contributed by atoms with E-state index in [1.54, 1.807) is 0 Å². The van der Waals surface area contributed by atoms with E-state index in [1.807, 2.05) is 39.8 Å². The van der Waals surface area contributed by atoms with E-state index in [4.69, 9.17) is 8.92 Å². The normalized spacial score (nSPS) is 12.3. The first-order valence-corrected chi connectivity index (χ1v) is 14.2. The zero-order chi connectivity index (χ0) is 29.1. The van der Waals surface area contributed by atoms with Crippen LogP contribution in [0.25, 0.3) is 11.2 Å². The topological polar surface area (TPSA) is 166 Å². The van der Waals surface area contributed by atoms with Crippen LogP contribution in [0.3, 0.4) is 0 Å². The van der Waals surface area contributed by atoms with Crippen molar-refractivity contribution in [1.82, 2.24) is 19.5 Å². The smallest absolute Gasteiger partial charge is 0.341 e. The Labute approximate surface area is 228 Å². The van der Waals surface area contributed by atoms with Crippen molar-refractivity contribution in [3.63, 3.8) is 0 Å². The summed E-state index contributed by atoms with van der Waals surface area (Å²) in [5.41, 5.74) is 2.45. The molecular formula is C26H37N5O7S. The average Bonchev–Trinajstić information content (AvgIpc) is 3.26. The Morgan fingerprint density at radius 2 is 1.59 bits per heavy atom. The van der Waals surface area contributed by atoms with Crippen molar-refractivity contribution >= 4 is 33.1 Å². The summed E-state index contributed by atoms with van der Waals surface area (Å²) in [5, 5.41) is 21.0. The minimum Gasteiger partial charge on any atom is -0.394 e. The van der Waals surface area contributed by atoms with E-state index >= 15 is 0 Å². The lowest BCUT2D eigenvalue weighted by atomic mass is 9.89. The van der Waals surface area contributed by atoms with Gasteiger partial charge in [-0.3, -0.25) is 14.7 Å². The number of carbonyl (C=O) groups is 1. The number of hydrogen-bond donors (Lipinski definition) is 3. The number of benzene rings is 1. The summed E-state index contributed by atoms with van der Waals surface area (Å²) in [4.78, 5) is 24.5. The predicted octanol–water partition coefficient (Wildman–Crippen LogP) is 3.25. The molecule has 0 saturated carbocycles. The molecule has 0 aliphatic heterocycles. The number of hydrogen-bond acceptors (Lipinski definition) is 10. The van der Waals surface area contributed by atoms with Gasteiger partial charge >= 0.3 is 10.1 Å². The SMILES string of the molecule is CC(=O)Nc1nc(OS(=O)(=O)c2c(C(C)C)cc(C(C)C)cc2C(C)C)c2ncn(COC(CO)CO)c2n1. The number of rotatable bonds is 12. The molecule has 0 saturated heterocycles. The van der Waals surface area contributed by atoms with Gasteiger partial charge in [-0.25, -0.2) is 4.98 Å². The molecule has 3 N–H and O–H groups in total. The number of nitrogens with one attached hydrogen (secondary N) is 1. The highest BCUT2D eigenvalue weighted by Gasteiger charge is 2.31. The first-order chi connectivity index (χ1) is 18.3. The number of aromatic nitrogens is 4. The van der Waals surface area contributed by atoms with Crippen LogP contribution in [0.4, 0.5) is 5.95 Å². The molecule has 3 rings (SSSR count). The number of ether oxygens (including phenoxy) is 1. The molecule has 39 heavy (non-hydrogen) atoms. The van der Waals surface area contributed by atoms with Crippen LogP contribution in [-0.2, 0) is 26.4 Å². The molecule has 12 nitrogen and oxygen atoms in total. The predicted molar refractivity (Wildman–Crippen MR) is 145 cm³/mol. The largest absolute Gasteiger partial charge is 0.394 e. The van der Waals surface area contributed by atoms with E-state index < -0.39 is 35.3 Å². The quantitative estimate of drug-likeness (QED) is 0.278. The molecule has 0 aliphatic rings. The van der Waals surface area contributed by atoms with Crippen LogP contribution in [0, 0.1) is 0 Å². The Morgan fingerprint density at radius 3 is 2.08 bits per heavy atom. The highest BCUT2D eigenvalue weighted by molar-refractivity contribution is 7.87. The Balaban J connectivity index is 2.18. The van der Waals surface area contributed by atoms with Crippen LogP contribution < -0.4 is 9.50 Å². The van der Waals surface area contributed by atoms with Gasteiger partial charge in [0.05, 0.1) is 19.5 Å². The molecule has 1 aromatic carbocycles. The molecule has 0 spiro atoms. The zero-order valence-corrected chi connectivity index (χ0v) is 24.1. The van der Waals surface area contributed by atoms with Crippen molar-refractivity contribution in [3.8, 4) is 5.88 Å². The van der Waals surface area contributed by atoms with Crippen LogP contribution >= 0.6 is 0 Å². The maximum absolute atomic E-state index is 13.9. The van der Waals surface area contributed by atoms with Gasteiger partial charge < -0.3 is 19.1 Å². The zero-order valence-electron chi connectivity index (χ0n) is 23.3. The molecule has 3 aromatic rings. The van der Waals surface area contributed by atoms with E-state index in [0.29, 0.717) is 11.1 Å². The molecular weight excluding hydrogens is 526 g/mol. The third-order valence-corrected chi connectivity index (χ3v) is 7.44. The molecule has 2 aromatic heterocycles. The fourth-order valence-electron chi connectivity index (χ4n) is 3.96. The number of fused-ring (bicyclic) bond motifs is 1. The summed E-state index contributed by atoms with van der Waals surface area (Å²) in [5.74, 6) is -1.05. The van der Waals surface area contributed by atoms with Crippen molar-refractivity contribution < 1.29 is 32.3 Å². The molecule has 214 valence electrons. The van der Waals surface area contributed by atoms with Gasteiger partial charge in [-0.1, -0.05) is 53.7 Å². The molecule has 0 atom stereocenters. The third kappa shape index (κ3) is 6.90. The van der Waals surface area contributed by atoms with Gasteiger partial charge in [0.15, 0.2) is 11.2 Å². The molecule has 0 unspecified atom stereocenters. The maximum atomic E-state index is 13.9. The van der Waals surface area contributed by atoms with Gasteiger partial charge in [-0.05, 0) is 34.4 Å². The molecule has 0 fully saturated rings. The van der Waals surface area contributed by atoms with Gasteiger partial charge in [-0.15, -0.1) is 0 Å². The van der Waals surface area contributed by atoms with Crippen LogP contribution in [-0.4, -0.2) is 63.4 Å². The lowest BCUT2D eigenvalue weighted by Crippen LogP contribution is -2.23. The molecule has 1 amide bonds. The molecule has 0 aliphatic carbocycles. The van der Waals surface area contributed by atoms with Crippen LogP contribution in [0.2, 0.25) is 0 Å². The van der Waals surface area contributed by atoms with Gasteiger partial charge in [0.2, 0.25) is 11.9 Å². The standard InChI is InChI=1S/C26H37N5O7S/c1-14(2)18-8-20(15(3)4)23(21(9-18)16(5)6)39(35,36)38-25-22-24(29-26(30-25)28-17(7)34)31(12-27-22)13-37-19(10-32)11-33/h8-9,12,14-16,19,32-33H,10-11,13H2,1-7H3,(H,28,29,30,34). The van der Waals surface area contributed by atoms with E-state index in [2.05, 4.69) is 34.1 Å². The fourth-order valence-corrected chi connectivity index (χ4v) is 5.53. The maximum Gasteiger partial charge on any atom is 0.341 e. The van der Waals surface area contributed by atoms with Crippen molar-refractivity contribution in [1.29, 1.82) is 0 Å². The van der Waals surface area contributed by atoms with E-state index in [1.165, 1.54) is 17.8 Å². The average molecular weight is 564 g/mol. The van der Waals surface area contributed by atoms with E-state index in [0.717, 1.165) is 5.56 Å². The summed E-state index contributed by atoms with van der Waals surface area (Å²) in [6.45, 7) is 12.1. The first kappa shape index (κ1) is 30.4. The molecule has 13 heteroatoms. The summed E-state index contributed by atoms with van der Waals surface area (Å²) in [6.07, 6.45) is 0.492. The lowest BCUT2D eigenvalue weighted by Gasteiger charge is -2.22. The van der Waals surface area contributed by atoms with Gasteiger partial charge in [0.1, 0.15) is 17.7 Å². The van der Waals surface area contributed by atoms with Gasteiger partial charge in [0.25, 0.3) is 5.88 Å². The minimum atomic E-state index is -4.42. The van der Waals surface area contributed by atoms with Crippen molar-refractivity contribution in [3.05, 3.63) is 35.2 Å². The van der Waals surface area contributed by atoms with Crippen LogP contribution in [0.1, 0.15) is 82.9 Å². The fraction of sp³-hybridized carbons (Fsp3) is 0.538. The number of aliphatic hydroxyl groups is 2. The summed E-state index contributed by atoms with van der Waals surface area (Å²) in [6, 6.07) is 3.81. The summed E-state index contributed by atoms with van der Waals surface area (Å²) >= 11 is 0. The third-order valence-electron chi connectivity index (χ3n) is 6.09. The van der Waals surface area contributed by atoms with Gasteiger partial charge in [-0.2, -0.15) is 18.4 Å².